The lowest BCUT2D eigenvalue weighted by atomic mass is 10.9. The molecule has 0 N–H and O–H groups in total. The summed E-state index contributed by atoms with van der Waals surface area (Å²) in [5.74, 6) is 0. The molecule has 0 nitrogen and oxygen atoms in total. The summed E-state index contributed by atoms with van der Waals surface area (Å²) in [6.45, 7) is 0. The first-order valence-corrected chi connectivity index (χ1v) is 18.0. The predicted molar refractivity (Wildman–Crippen MR) is 141 cm³/mol. The summed E-state index contributed by atoms with van der Waals surface area (Å²) in [6.07, 6.45) is 2.23. The molecule has 0 bridgehead atoms. The van der Waals surface area contributed by atoms with E-state index in [0.717, 1.165) is 24.9 Å². The second-order valence-electron chi connectivity index (χ2n) is 3.55. The monoisotopic (exact) mass is 524 g/mol. The van der Waals surface area contributed by atoms with Crippen LogP contribution < -0.4 is 0 Å². The van der Waals surface area contributed by atoms with Crippen LogP contribution in [0.15, 0.2) is 0 Å². The van der Waals surface area contributed by atoms with Gasteiger partial charge in [0.2, 0.25) is 0 Å². The highest BCUT2D eigenvalue weighted by molar-refractivity contribution is 8.80. The average molecular weight is 525 g/mol. The molecule has 0 aromatic heterocycles. The van der Waals surface area contributed by atoms with Crippen molar-refractivity contribution in [2.45, 2.75) is 18.3 Å². The molecule has 0 amide bonds. The van der Waals surface area contributed by atoms with Crippen molar-refractivity contribution in [3.63, 3.8) is 0 Å². The molecule has 12 heteroatoms. The Morgan fingerprint density at radius 3 is 1.91 bits per heavy atom. The molecule has 0 aromatic carbocycles. The smallest absolute Gasteiger partial charge is 0.0813 e. The van der Waals surface area contributed by atoms with Crippen molar-refractivity contribution in [3.8, 4) is 0 Å². The second kappa shape index (κ2) is 16.2. The quantitative estimate of drug-likeness (QED) is 0.0940. The Kier molecular flexibility index (Phi) is 17.8. The molecule has 1 rings (SSSR count). The van der Waals surface area contributed by atoms with Gasteiger partial charge in [0, 0.05) is 20.3 Å². The molecule has 2 atom stereocenters. The minimum Gasteiger partial charge on any atom is -0.168 e. The molecular formula is C10H20S12. The van der Waals surface area contributed by atoms with Crippen LogP contribution in [0.1, 0.15) is 0 Å². The van der Waals surface area contributed by atoms with Crippen molar-refractivity contribution in [3.05, 3.63) is 0 Å². The van der Waals surface area contributed by atoms with Crippen molar-refractivity contribution < 1.29 is 0 Å². The zero-order valence-electron chi connectivity index (χ0n) is 11.9. The first kappa shape index (κ1) is 24.2. The van der Waals surface area contributed by atoms with Gasteiger partial charge in [-0.3, -0.25) is 0 Å². The zero-order valence-corrected chi connectivity index (χ0v) is 21.9. The number of rotatable bonds is 14. The van der Waals surface area contributed by atoms with Crippen LogP contribution in [-0.4, -0.2) is 50.0 Å². The minimum absolute atomic E-state index is 0.539. The largest absolute Gasteiger partial charge is 0.168 e. The van der Waals surface area contributed by atoms with Gasteiger partial charge in [0.05, 0.1) is 23.4 Å². The second-order valence-corrected chi connectivity index (χ2v) is 18.0. The van der Waals surface area contributed by atoms with E-state index in [-0.39, 0.29) is 0 Å². The van der Waals surface area contributed by atoms with Crippen LogP contribution in [0.2, 0.25) is 0 Å². The lowest BCUT2D eigenvalue weighted by Gasteiger charge is -2.30. The maximum atomic E-state index is 4.40. The molecule has 0 saturated carbocycles. The average Bonchev–Trinajstić information content (AvgIpc) is 2.47. The summed E-state index contributed by atoms with van der Waals surface area (Å²) >= 11 is 27.1. The van der Waals surface area contributed by atoms with Gasteiger partial charge in [-0.25, -0.2) is 0 Å². The van der Waals surface area contributed by atoms with Crippen molar-refractivity contribution in [2.75, 3.05) is 31.7 Å². The van der Waals surface area contributed by atoms with Crippen LogP contribution in [-0.2, 0) is 0 Å². The van der Waals surface area contributed by atoms with E-state index in [4.69, 9.17) is 0 Å². The Labute approximate surface area is 189 Å². The third-order valence-corrected chi connectivity index (χ3v) is 18.0. The molecule has 1 aliphatic rings. The number of thiol groups is 3. The molecule has 2 unspecified atom stereocenters. The van der Waals surface area contributed by atoms with Crippen molar-refractivity contribution in [2.24, 2.45) is 0 Å². The summed E-state index contributed by atoms with van der Waals surface area (Å²) < 4.78 is 2.59. The molecule has 1 heterocycles. The van der Waals surface area contributed by atoms with E-state index in [1.807, 2.05) is 80.4 Å². The Balaban J connectivity index is 2.29. The van der Waals surface area contributed by atoms with Gasteiger partial charge in [0.25, 0.3) is 0 Å². The Morgan fingerprint density at radius 2 is 1.50 bits per heavy atom. The molecule has 0 aliphatic carbocycles. The zero-order chi connectivity index (χ0) is 16.2. The van der Waals surface area contributed by atoms with Gasteiger partial charge in [-0.1, -0.05) is 21.6 Å². The van der Waals surface area contributed by atoms with E-state index in [2.05, 4.69) is 67.7 Å². The summed E-state index contributed by atoms with van der Waals surface area (Å²) in [6, 6.07) is 0. The third kappa shape index (κ3) is 9.94. The fourth-order valence-electron chi connectivity index (χ4n) is 1.32. The van der Waals surface area contributed by atoms with Gasteiger partial charge < -0.3 is 0 Å². The summed E-state index contributed by atoms with van der Waals surface area (Å²) in [5, 5.41) is 5.00. The first-order chi connectivity index (χ1) is 10.8. The maximum Gasteiger partial charge on any atom is 0.0813 e. The first-order valence-electron chi connectivity index (χ1n) is 6.10. The number of thioether (sulfide) groups is 7. The highest BCUT2D eigenvalue weighted by Crippen LogP contribution is 2.51. The topological polar surface area (TPSA) is 0 Å². The van der Waals surface area contributed by atoms with E-state index in [9.17, 15) is 0 Å². The van der Waals surface area contributed by atoms with Crippen LogP contribution in [0.3, 0.4) is 0 Å². The third-order valence-electron chi connectivity index (χ3n) is 2.30. The van der Waals surface area contributed by atoms with E-state index < -0.39 is 0 Å². The SMILES string of the molecule is CSC(SSCSC(SCS)C(SCS)SCS)C1SCS1. The molecule has 0 radical (unpaired) electrons. The van der Waals surface area contributed by atoms with Gasteiger partial charge >= 0.3 is 0 Å². The fourth-order valence-corrected chi connectivity index (χ4v) is 17.0. The van der Waals surface area contributed by atoms with E-state index >= 15 is 0 Å². The summed E-state index contributed by atoms with van der Waals surface area (Å²) in [7, 11) is 4.06. The van der Waals surface area contributed by atoms with Crippen LogP contribution in [0.25, 0.3) is 0 Å². The van der Waals surface area contributed by atoms with Crippen LogP contribution in [0, 0.1) is 0 Å². The lowest BCUT2D eigenvalue weighted by Crippen LogP contribution is -2.19. The molecular weight excluding hydrogens is 505 g/mol. The highest BCUT2D eigenvalue weighted by atomic mass is 33.1. The predicted octanol–water partition coefficient (Wildman–Crippen LogP) is 7.02. The van der Waals surface area contributed by atoms with Gasteiger partial charge in [0.1, 0.15) is 0 Å². The van der Waals surface area contributed by atoms with Crippen molar-refractivity contribution >= 4 is 142 Å². The van der Waals surface area contributed by atoms with Crippen LogP contribution in [0.4, 0.5) is 0 Å². The van der Waals surface area contributed by atoms with Crippen LogP contribution in [0.5, 0.6) is 0 Å². The standard InChI is InChI=1S/C10H20S12/c1-14-7(8-18-5-19-8)22-21-6-20-10(17-4-13)9(15-2-11)16-3-12/h7-13H,2-6H2,1H3. The van der Waals surface area contributed by atoms with Gasteiger partial charge in [0.15, 0.2) is 0 Å². The molecule has 22 heavy (non-hydrogen) atoms. The van der Waals surface area contributed by atoms with Gasteiger partial charge in [-0.2, -0.15) is 37.9 Å². The van der Waals surface area contributed by atoms with Crippen molar-refractivity contribution in [1.29, 1.82) is 0 Å². The maximum absolute atomic E-state index is 4.40. The normalized spacial score (nSPS) is 18.4. The van der Waals surface area contributed by atoms with Crippen molar-refractivity contribution in [1.82, 2.24) is 0 Å². The van der Waals surface area contributed by atoms with E-state index in [1.54, 1.807) is 0 Å². The molecule has 0 spiro atoms. The Morgan fingerprint density at radius 1 is 0.955 bits per heavy atom. The van der Waals surface area contributed by atoms with E-state index in [0.29, 0.717) is 13.7 Å². The molecule has 0 aromatic rings. The Bertz CT molecular complexity index is 256. The van der Waals surface area contributed by atoms with Crippen LogP contribution >= 0.6 is 142 Å². The molecule has 1 fully saturated rings. The summed E-state index contributed by atoms with van der Waals surface area (Å²) in [5.41, 5.74) is 0. The fraction of sp³-hybridized carbons (Fsp3) is 1.00. The highest BCUT2D eigenvalue weighted by Gasteiger charge is 2.29. The van der Waals surface area contributed by atoms with Gasteiger partial charge in [-0.05, 0) is 6.26 Å². The molecule has 1 aliphatic heterocycles. The molecule has 132 valence electrons. The number of hydrogen-bond acceptors (Lipinski definition) is 12. The van der Waals surface area contributed by atoms with E-state index in [1.165, 1.54) is 5.08 Å². The molecule has 1 saturated heterocycles. The number of hydrogen-bond donors (Lipinski definition) is 3. The minimum atomic E-state index is 0.539. The summed E-state index contributed by atoms with van der Waals surface area (Å²) in [4.78, 5) is 0. The van der Waals surface area contributed by atoms with Gasteiger partial charge in [-0.15, -0.1) is 82.3 Å². The lowest BCUT2D eigenvalue weighted by molar-refractivity contribution is 1.35. The Hall–Kier alpha value is 4.20.